The van der Waals surface area contributed by atoms with Crippen LogP contribution in [0.5, 0.6) is 17.2 Å². The summed E-state index contributed by atoms with van der Waals surface area (Å²) in [4.78, 5) is 13.5. The monoisotopic (exact) mass is 516 g/mol. The second kappa shape index (κ2) is 11.1. The molecule has 3 aromatic rings. The van der Waals surface area contributed by atoms with Crippen molar-refractivity contribution in [3.8, 4) is 17.2 Å². The highest BCUT2D eigenvalue weighted by molar-refractivity contribution is 6.30. The van der Waals surface area contributed by atoms with Gasteiger partial charge in [0.15, 0.2) is 6.61 Å². The Morgan fingerprint density at radius 3 is 2.38 bits per heavy atom. The summed E-state index contributed by atoms with van der Waals surface area (Å²) in [6.07, 6.45) is 5.07. The molecular weight excluding hydrogens is 488 g/mol. The molecule has 1 aliphatic carbocycles. The number of hydrazone groups is 1. The highest BCUT2D eigenvalue weighted by Crippen LogP contribution is 2.44. The van der Waals surface area contributed by atoms with Gasteiger partial charge in [0, 0.05) is 10.9 Å². The summed E-state index contributed by atoms with van der Waals surface area (Å²) in [5.74, 6) is 2.03. The summed E-state index contributed by atoms with van der Waals surface area (Å²) in [5, 5.41) is 7.09. The lowest BCUT2D eigenvalue weighted by Gasteiger charge is -2.29. The van der Waals surface area contributed by atoms with Crippen LogP contribution in [0.3, 0.4) is 0 Å². The number of carbonyl (C=O) groups is 1. The third kappa shape index (κ3) is 5.49. The van der Waals surface area contributed by atoms with E-state index in [1.807, 2.05) is 48.5 Å². The number of fused-ring (bicyclic) bond motifs is 1. The number of amides is 1. The molecule has 2 aliphatic rings. The van der Waals surface area contributed by atoms with Gasteiger partial charge in [-0.25, -0.2) is 5.01 Å². The Kier molecular flexibility index (Phi) is 7.47. The molecule has 5 rings (SSSR count). The van der Waals surface area contributed by atoms with Crippen molar-refractivity contribution in [2.45, 2.75) is 25.3 Å². The first-order valence-electron chi connectivity index (χ1n) is 12.3. The fraction of sp³-hybridized carbons (Fsp3) is 0.267. The summed E-state index contributed by atoms with van der Waals surface area (Å²) < 4.78 is 16.4. The smallest absolute Gasteiger partial charge is 0.281 e. The summed E-state index contributed by atoms with van der Waals surface area (Å²) in [5.41, 5.74) is 4.23. The minimum absolute atomic E-state index is 0.0989. The van der Waals surface area contributed by atoms with Gasteiger partial charge in [-0.05, 0) is 84.5 Å². The van der Waals surface area contributed by atoms with Gasteiger partial charge in [-0.2, -0.15) is 5.10 Å². The Morgan fingerprint density at radius 2 is 1.70 bits per heavy atom. The van der Waals surface area contributed by atoms with Crippen LogP contribution in [0.15, 0.2) is 83.5 Å². The summed E-state index contributed by atoms with van der Waals surface area (Å²) in [7, 11) is 3.31. The van der Waals surface area contributed by atoms with E-state index in [4.69, 9.17) is 30.9 Å². The average molecular weight is 517 g/mol. The van der Waals surface area contributed by atoms with E-state index in [2.05, 4.69) is 6.08 Å². The van der Waals surface area contributed by atoms with E-state index < -0.39 is 0 Å². The molecule has 0 N–H and O–H groups in total. The molecule has 2 unspecified atom stereocenters. The minimum Gasteiger partial charge on any atom is -0.497 e. The van der Waals surface area contributed by atoms with Crippen LogP contribution in [-0.4, -0.2) is 37.5 Å². The van der Waals surface area contributed by atoms with Crippen LogP contribution in [0.25, 0.3) is 6.08 Å². The normalized spacial score (nSPS) is 19.8. The van der Waals surface area contributed by atoms with Crippen molar-refractivity contribution in [2.24, 2.45) is 11.0 Å². The number of hydrogen-bond acceptors (Lipinski definition) is 5. The van der Waals surface area contributed by atoms with Gasteiger partial charge < -0.3 is 14.2 Å². The first-order chi connectivity index (χ1) is 18.1. The number of halogens is 1. The topological polar surface area (TPSA) is 60.4 Å². The molecule has 1 saturated carbocycles. The van der Waals surface area contributed by atoms with Gasteiger partial charge in [0.1, 0.15) is 17.2 Å². The third-order valence-corrected chi connectivity index (χ3v) is 7.06. The van der Waals surface area contributed by atoms with Crippen LogP contribution < -0.4 is 14.2 Å². The molecule has 0 bridgehead atoms. The van der Waals surface area contributed by atoms with Crippen molar-refractivity contribution in [3.63, 3.8) is 0 Å². The largest absolute Gasteiger partial charge is 0.497 e. The van der Waals surface area contributed by atoms with Gasteiger partial charge in [-0.15, -0.1) is 0 Å². The number of methoxy groups -OCH3 is 2. The molecule has 0 saturated heterocycles. The number of hydrogen-bond donors (Lipinski definition) is 0. The van der Waals surface area contributed by atoms with Crippen LogP contribution in [0.2, 0.25) is 5.02 Å². The first-order valence-corrected chi connectivity index (χ1v) is 12.7. The van der Waals surface area contributed by atoms with Gasteiger partial charge in [-0.1, -0.05) is 41.9 Å². The second-order valence-electron chi connectivity index (χ2n) is 9.13. The Hall–Kier alpha value is -3.77. The molecule has 0 aromatic heterocycles. The van der Waals surface area contributed by atoms with Crippen molar-refractivity contribution in [1.82, 2.24) is 5.01 Å². The Bertz CT molecular complexity index is 1320. The molecular formula is C30H29ClN2O4. The third-order valence-electron chi connectivity index (χ3n) is 6.83. The van der Waals surface area contributed by atoms with Gasteiger partial charge in [0.05, 0.1) is 26.0 Å². The molecule has 37 heavy (non-hydrogen) atoms. The van der Waals surface area contributed by atoms with Gasteiger partial charge in [-0.3, -0.25) is 4.79 Å². The van der Waals surface area contributed by atoms with Crippen molar-refractivity contribution in [3.05, 3.63) is 94.5 Å². The summed E-state index contributed by atoms with van der Waals surface area (Å²) in [6, 6.07) is 22.7. The van der Waals surface area contributed by atoms with Crippen molar-refractivity contribution < 1.29 is 19.0 Å². The molecule has 1 heterocycles. The lowest BCUT2D eigenvalue weighted by atomic mass is 9.77. The molecule has 1 fully saturated rings. The molecule has 7 heteroatoms. The predicted molar refractivity (Wildman–Crippen MR) is 145 cm³/mol. The second-order valence-corrected chi connectivity index (χ2v) is 9.57. The quantitative estimate of drug-likeness (QED) is 0.357. The number of allylic oxidation sites excluding steroid dienone is 1. The van der Waals surface area contributed by atoms with Crippen molar-refractivity contribution >= 4 is 29.3 Å². The fourth-order valence-electron chi connectivity index (χ4n) is 5.01. The van der Waals surface area contributed by atoms with E-state index in [9.17, 15) is 4.79 Å². The maximum absolute atomic E-state index is 13.5. The molecule has 190 valence electrons. The highest BCUT2D eigenvalue weighted by atomic mass is 35.5. The Labute approximate surface area is 222 Å². The van der Waals surface area contributed by atoms with Gasteiger partial charge >= 0.3 is 0 Å². The van der Waals surface area contributed by atoms with Crippen LogP contribution in [-0.2, 0) is 4.79 Å². The van der Waals surface area contributed by atoms with Crippen molar-refractivity contribution in [1.29, 1.82) is 0 Å². The first kappa shape index (κ1) is 24.9. The SMILES string of the molecule is COc1ccc(/C=C2/CCCC3C2=NN(C(=O)COc2cccc(Cl)c2)C3c2ccc(OC)cc2)cc1. The van der Waals surface area contributed by atoms with E-state index in [1.54, 1.807) is 43.5 Å². The zero-order chi connectivity index (χ0) is 25.8. The van der Waals surface area contributed by atoms with E-state index in [1.165, 1.54) is 0 Å². The summed E-state index contributed by atoms with van der Waals surface area (Å²) in [6.45, 7) is -0.131. The van der Waals surface area contributed by atoms with Crippen molar-refractivity contribution in [2.75, 3.05) is 20.8 Å². The van der Waals surface area contributed by atoms with Gasteiger partial charge in [0.2, 0.25) is 0 Å². The highest BCUT2D eigenvalue weighted by Gasteiger charge is 2.43. The van der Waals surface area contributed by atoms with E-state index >= 15 is 0 Å². The zero-order valence-electron chi connectivity index (χ0n) is 20.9. The molecule has 2 atom stereocenters. The number of carbonyl (C=O) groups excluding carboxylic acids is 1. The van der Waals surface area contributed by atoms with Crippen LogP contribution in [0.4, 0.5) is 0 Å². The average Bonchev–Trinajstić information content (AvgIpc) is 3.33. The van der Waals surface area contributed by atoms with Gasteiger partial charge in [0.25, 0.3) is 5.91 Å². The van der Waals surface area contributed by atoms with E-state index in [0.29, 0.717) is 10.8 Å². The minimum atomic E-state index is -0.212. The van der Waals surface area contributed by atoms with Crippen LogP contribution in [0.1, 0.15) is 36.4 Å². The number of ether oxygens (including phenoxy) is 3. The standard InChI is InChI=1S/C30H29ClN2O4/c1-35-24-13-9-20(10-14-24)17-22-5-3-8-27-29(22)32-33(30(27)21-11-15-25(36-2)16-12-21)28(34)19-37-26-7-4-6-23(31)18-26/h4,6-7,9-18,27,30H,3,5,8,19H2,1-2H3/b22-17-. The lowest BCUT2D eigenvalue weighted by molar-refractivity contribution is -0.135. The summed E-state index contributed by atoms with van der Waals surface area (Å²) >= 11 is 6.08. The van der Waals surface area contributed by atoms with E-state index in [0.717, 1.165) is 53.2 Å². The van der Waals surface area contributed by atoms with Crippen LogP contribution >= 0.6 is 11.6 Å². The maximum Gasteiger partial charge on any atom is 0.281 e. The Balaban J connectivity index is 1.46. The molecule has 0 spiro atoms. The Morgan fingerprint density at radius 1 is 1.00 bits per heavy atom. The van der Waals surface area contributed by atoms with Crippen LogP contribution in [0, 0.1) is 5.92 Å². The molecule has 0 radical (unpaired) electrons. The van der Waals surface area contributed by atoms with E-state index in [-0.39, 0.29) is 24.5 Å². The molecule has 1 amide bonds. The maximum atomic E-state index is 13.5. The fourth-order valence-corrected chi connectivity index (χ4v) is 5.19. The number of benzene rings is 3. The molecule has 1 aliphatic heterocycles. The molecule has 3 aromatic carbocycles. The lowest BCUT2D eigenvalue weighted by Crippen LogP contribution is -2.34. The predicted octanol–water partition coefficient (Wildman–Crippen LogP) is 6.56. The number of nitrogens with zero attached hydrogens (tertiary/aromatic N) is 2. The molecule has 6 nitrogen and oxygen atoms in total. The number of rotatable bonds is 7. The zero-order valence-corrected chi connectivity index (χ0v) is 21.6.